The molecule has 0 fully saturated rings. The summed E-state index contributed by atoms with van der Waals surface area (Å²) < 4.78 is 0. The summed E-state index contributed by atoms with van der Waals surface area (Å²) in [4.78, 5) is 4.52. The zero-order valence-corrected chi connectivity index (χ0v) is 11.6. The molecule has 0 amide bonds. The zero-order chi connectivity index (χ0) is 13.0. The van der Waals surface area contributed by atoms with Gasteiger partial charge < -0.3 is 11.1 Å². The molecule has 4 heteroatoms. The Morgan fingerprint density at radius 1 is 1.44 bits per heavy atom. The lowest BCUT2D eigenvalue weighted by molar-refractivity contribution is 0.726. The summed E-state index contributed by atoms with van der Waals surface area (Å²) in [5.41, 5.74) is 9.39. The molecule has 1 heterocycles. The molecule has 1 atom stereocenters. The summed E-state index contributed by atoms with van der Waals surface area (Å²) in [7, 11) is 0. The third kappa shape index (κ3) is 3.82. The summed E-state index contributed by atoms with van der Waals surface area (Å²) >= 11 is 1.64. The van der Waals surface area contributed by atoms with Crippen LogP contribution in [0.15, 0.2) is 29.6 Å². The minimum atomic E-state index is 0.164. The lowest BCUT2D eigenvalue weighted by atomic mass is 10.1. The van der Waals surface area contributed by atoms with Gasteiger partial charge in [0.15, 0.2) is 5.13 Å². The van der Waals surface area contributed by atoms with Crippen LogP contribution < -0.4 is 11.1 Å². The number of thiazole rings is 1. The number of aryl methyl sites for hydroxylation is 1. The number of rotatable bonds is 5. The van der Waals surface area contributed by atoms with Crippen molar-refractivity contribution in [3.63, 3.8) is 0 Å². The van der Waals surface area contributed by atoms with Gasteiger partial charge in [0.2, 0.25) is 0 Å². The number of aromatic nitrogens is 1. The van der Waals surface area contributed by atoms with Crippen molar-refractivity contribution in [2.75, 3.05) is 5.32 Å². The molecule has 1 unspecified atom stereocenters. The van der Waals surface area contributed by atoms with Crippen LogP contribution in [0.3, 0.4) is 0 Å². The fourth-order valence-electron chi connectivity index (χ4n) is 1.81. The number of nitrogens with two attached hydrogens (primary N) is 1. The van der Waals surface area contributed by atoms with Gasteiger partial charge >= 0.3 is 0 Å². The van der Waals surface area contributed by atoms with Crippen molar-refractivity contribution in [2.24, 2.45) is 5.73 Å². The SMILES string of the molecule is Cc1cccc(CNc2nc(CC(C)N)cs2)c1. The van der Waals surface area contributed by atoms with Crippen molar-refractivity contribution in [1.29, 1.82) is 0 Å². The van der Waals surface area contributed by atoms with E-state index in [0.717, 1.165) is 23.8 Å². The zero-order valence-electron chi connectivity index (χ0n) is 10.8. The van der Waals surface area contributed by atoms with Crippen molar-refractivity contribution in [1.82, 2.24) is 4.98 Å². The Balaban J connectivity index is 1.92. The highest BCUT2D eigenvalue weighted by Crippen LogP contribution is 2.17. The molecule has 0 saturated heterocycles. The molecule has 0 aliphatic carbocycles. The first-order valence-corrected chi connectivity index (χ1v) is 7.01. The Kier molecular flexibility index (Phi) is 4.33. The fourth-order valence-corrected chi connectivity index (χ4v) is 2.53. The van der Waals surface area contributed by atoms with E-state index in [1.165, 1.54) is 11.1 Å². The Labute approximate surface area is 112 Å². The van der Waals surface area contributed by atoms with Crippen molar-refractivity contribution in [3.05, 3.63) is 46.5 Å². The van der Waals surface area contributed by atoms with Crippen LogP contribution in [0.1, 0.15) is 23.7 Å². The van der Waals surface area contributed by atoms with Crippen LogP contribution in [-0.4, -0.2) is 11.0 Å². The summed E-state index contributed by atoms with van der Waals surface area (Å²) in [6.07, 6.45) is 0.836. The van der Waals surface area contributed by atoms with Crippen LogP contribution in [0.4, 0.5) is 5.13 Å². The average molecular weight is 261 g/mol. The van der Waals surface area contributed by atoms with Gasteiger partial charge in [-0.1, -0.05) is 29.8 Å². The molecule has 3 N–H and O–H groups in total. The molecule has 1 aromatic carbocycles. The van der Waals surface area contributed by atoms with E-state index in [1.54, 1.807) is 11.3 Å². The van der Waals surface area contributed by atoms with E-state index in [-0.39, 0.29) is 6.04 Å². The second-order valence-corrected chi connectivity index (χ2v) is 5.53. The number of hydrogen-bond donors (Lipinski definition) is 2. The Bertz CT molecular complexity index is 505. The highest BCUT2D eigenvalue weighted by molar-refractivity contribution is 7.13. The van der Waals surface area contributed by atoms with Gasteiger partial charge in [0.25, 0.3) is 0 Å². The van der Waals surface area contributed by atoms with Gasteiger partial charge in [0, 0.05) is 24.4 Å². The number of benzene rings is 1. The van der Waals surface area contributed by atoms with Crippen molar-refractivity contribution >= 4 is 16.5 Å². The second-order valence-electron chi connectivity index (χ2n) is 4.67. The number of anilines is 1. The van der Waals surface area contributed by atoms with Crippen LogP contribution in [0.5, 0.6) is 0 Å². The van der Waals surface area contributed by atoms with Gasteiger partial charge in [-0.05, 0) is 19.4 Å². The minimum Gasteiger partial charge on any atom is -0.357 e. The van der Waals surface area contributed by atoms with Crippen LogP contribution in [0.2, 0.25) is 0 Å². The first-order valence-electron chi connectivity index (χ1n) is 6.13. The third-order valence-electron chi connectivity index (χ3n) is 2.61. The van der Waals surface area contributed by atoms with Crippen molar-refractivity contribution in [3.8, 4) is 0 Å². The van der Waals surface area contributed by atoms with Gasteiger partial charge in [-0.3, -0.25) is 0 Å². The Morgan fingerprint density at radius 2 is 2.28 bits per heavy atom. The van der Waals surface area contributed by atoms with Crippen molar-refractivity contribution < 1.29 is 0 Å². The minimum absolute atomic E-state index is 0.164. The molecular weight excluding hydrogens is 242 g/mol. The molecule has 0 radical (unpaired) electrons. The van der Waals surface area contributed by atoms with Gasteiger partial charge in [-0.15, -0.1) is 11.3 Å². The molecule has 3 nitrogen and oxygen atoms in total. The van der Waals surface area contributed by atoms with E-state index in [0.29, 0.717) is 0 Å². The largest absolute Gasteiger partial charge is 0.357 e. The fraction of sp³-hybridized carbons (Fsp3) is 0.357. The van der Waals surface area contributed by atoms with E-state index < -0.39 is 0 Å². The Morgan fingerprint density at radius 3 is 3.00 bits per heavy atom. The smallest absolute Gasteiger partial charge is 0.183 e. The third-order valence-corrected chi connectivity index (χ3v) is 3.46. The van der Waals surface area contributed by atoms with E-state index in [9.17, 15) is 0 Å². The molecule has 2 rings (SSSR count). The molecule has 0 aliphatic rings. The maximum Gasteiger partial charge on any atom is 0.183 e. The van der Waals surface area contributed by atoms with E-state index in [2.05, 4.69) is 46.9 Å². The molecule has 18 heavy (non-hydrogen) atoms. The first-order chi connectivity index (χ1) is 8.63. The molecule has 2 aromatic rings. The maximum absolute atomic E-state index is 5.76. The molecule has 0 bridgehead atoms. The number of nitrogens with zero attached hydrogens (tertiary/aromatic N) is 1. The highest BCUT2D eigenvalue weighted by atomic mass is 32.1. The number of hydrogen-bond acceptors (Lipinski definition) is 4. The van der Waals surface area contributed by atoms with Crippen molar-refractivity contribution in [2.45, 2.75) is 32.9 Å². The quantitative estimate of drug-likeness (QED) is 0.870. The lowest BCUT2D eigenvalue weighted by Gasteiger charge is -2.04. The van der Waals surface area contributed by atoms with Crippen LogP contribution in [0, 0.1) is 6.92 Å². The summed E-state index contributed by atoms with van der Waals surface area (Å²) in [5, 5.41) is 6.38. The average Bonchev–Trinajstić information content (AvgIpc) is 2.73. The van der Waals surface area contributed by atoms with E-state index in [1.807, 2.05) is 6.92 Å². The summed E-state index contributed by atoms with van der Waals surface area (Å²) in [6.45, 7) is 4.92. The molecular formula is C14H19N3S. The summed E-state index contributed by atoms with van der Waals surface area (Å²) in [6, 6.07) is 8.65. The Hall–Kier alpha value is -1.39. The normalized spacial score (nSPS) is 12.4. The molecule has 96 valence electrons. The molecule has 0 aliphatic heterocycles. The predicted molar refractivity (Wildman–Crippen MR) is 78.0 cm³/mol. The maximum atomic E-state index is 5.76. The monoisotopic (exact) mass is 261 g/mol. The topological polar surface area (TPSA) is 50.9 Å². The second kappa shape index (κ2) is 5.98. The molecule has 0 saturated carbocycles. The highest BCUT2D eigenvalue weighted by Gasteiger charge is 2.04. The predicted octanol–water partition coefficient (Wildman–Crippen LogP) is 2.95. The molecule has 1 aromatic heterocycles. The van der Waals surface area contributed by atoms with Gasteiger partial charge in [0.1, 0.15) is 0 Å². The van der Waals surface area contributed by atoms with Crippen LogP contribution in [0.25, 0.3) is 0 Å². The van der Waals surface area contributed by atoms with Gasteiger partial charge in [-0.25, -0.2) is 4.98 Å². The standard InChI is InChI=1S/C14H19N3S/c1-10-4-3-5-12(6-10)8-16-14-17-13(9-18-14)7-11(2)15/h3-6,9,11H,7-8,15H2,1-2H3,(H,16,17). The molecule has 0 spiro atoms. The van der Waals surface area contributed by atoms with Gasteiger partial charge in [0.05, 0.1) is 5.69 Å². The first kappa shape index (κ1) is 13.1. The van der Waals surface area contributed by atoms with Crippen LogP contribution >= 0.6 is 11.3 Å². The van der Waals surface area contributed by atoms with E-state index in [4.69, 9.17) is 5.73 Å². The lowest BCUT2D eigenvalue weighted by Crippen LogP contribution is -2.17. The van der Waals surface area contributed by atoms with Gasteiger partial charge in [-0.2, -0.15) is 0 Å². The van der Waals surface area contributed by atoms with Crippen LogP contribution in [-0.2, 0) is 13.0 Å². The van der Waals surface area contributed by atoms with E-state index >= 15 is 0 Å². The number of nitrogens with one attached hydrogen (secondary N) is 1. The summed E-state index contributed by atoms with van der Waals surface area (Å²) in [5.74, 6) is 0.